The monoisotopic (exact) mass is 690 g/mol. The Labute approximate surface area is 277 Å². The van der Waals surface area contributed by atoms with E-state index in [4.69, 9.17) is 23.7 Å². The fourth-order valence-corrected chi connectivity index (χ4v) is 7.59. The minimum absolute atomic E-state index is 0.140. The molecule has 3 rings (SSSR count). The second-order valence-corrected chi connectivity index (χ2v) is 28.2. The molecular weight excluding hydrogens is 637 g/mol. The van der Waals surface area contributed by atoms with Crippen LogP contribution in [0.25, 0.3) is 0 Å². The van der Waals surface area contributed by atoms with Crippen molar-refractivity contribution in [2.24, 2.45) is 0 Å². The summed E-state index contributed by atoms with van der Waals surface area (Å²) in [6.45, 7) is 21.0. The van der Waals surface area contributed by atoms with E-state index in [0.29, 0.717) is 56.0 Å². The normalized spacial score (nSPS) is 15.4. The molecule has 11 nitrogen and oxygen atoms in total. The maximum absolute atomic E-state index is 13.3. The minimum Gasteiger partial charge on any atom is -0.415 e. The number of rotatable bonds is 19. The summed E-state index contributed by atoms with van der Waals surface area (Å²) in [5.41, 5.74) is 7.11. The largest absolute Gasteiger partial charge is 0.415 e. The number of imide groups is 1. The van der Waals surface area contributed by atoms with Gasteiger partial charge in [-0.3, -0.25) is 19.3 Å². The van der Waals surface area contributed by atoms with Crippen LogP contribution < -0.4 is 11.3 Å². The van der Waals surface area contributed by atoms with E-state index in [1.807, 2.05) is 0 Å². The van der Waals surface area contributed by atoms with Crippen LogP contribution >= 0.6 is 0 Å². The quantitative estimate of drug-likeness (QED) is 0.113. The van der Waals surface area contributed by atoms with Gasteiger partial charge in [0.05, 0.1) is 42.6 Å². The average Bonchev–Trinajstić information content (AvgIpc) is 3.17. The van der Waals surface area contributed by atoms with Crippen molar-refractivity contribution in [3.63, 3.8) is 0 Å². The highest BCUT2D eigenvalue weighted by Gasteiger charge is 2.35. The maximum atomic E-state index is 13.3. The van der Waals surface area contributed by atoms with Crippen LogP contribution in [0.5, 0.6) is 0 Å². The summed E-state index contributed by atoms with van der Waals surface area (Å²) in [4.78, 5) is 44.1. The van der Waals surface area contributed by atoms with Gasteiger partial charge in [0, 0.05) is 19.3 Å². The third-order valence-electron chi connectivity index (χ3n) is 7.21. The molecule has 46 heavy (non-hydrogen) atoms. The summed E-state index contributed by atoms with van der Waals surface area (Å²) in [6, 6.07) is 6.94. The standard InChI is InChI=1S/C32H54N4O7Si3/c1-44(2,3)41-21-20-40-28(27(43-46(7,8)9)23-42-45(4,5)6)26-22-35(32(33)34-29(26)37)18-14-10-11-15-19-36-30(38)24-16-12-13-17-25(24)31(36)39/h12-13,16-17,22,27-28H,10-11,14-15,18-21,23H2,1-9H3,(H2,33,34,37). The van der Waals surface area contributed by atoms with Crippen molar-refractivity contribution < 1.29 is 27.6 Å². The van der Waals surface area contributed by atoms with Gasteiger partial charge in [0.2, 0.25) is 5.95 Å². The molecule has 1 aromatic heterocycles. The summed E-state index contributed by atoms with van der Waals surface area (Å²) in [6.07, 6.45) is 3.71. The molecule has 2 heterocycles. The highest BCUT2D eigenvalue weighted by atomic mass is 28.4. The Morgan fingerprint density at radius 2 is 1.33 bits per heavy atom. The summed E-state index contributed by atoms with van der Waals surface area (Å²) >= 11 is 0. The zero-order valence-electron chi connectivity index (χ0n) is 29.2. The van der Waals surface area contributed by atoms with Crippen LogP contribution in [0.2, 0.25) is 58.9 Å². The topological polar surface area (TPSA) is 135 Å². The SMILES string of the molecule is C[Si](C)(C)OCCOC(c1cn(CCCCCCN2C(=O)c3ccccc3C2=O)c(N)nc1=O)C(CO[Si](C)(C)C)O[Si](C)(C)C. The number of nitrogen functional groups attached to an aromatic ring is 1. The molecule has 0 saturated carbocycles. The number of hydrogen-bond acceptors (Lipinski definition) is 9. The number of nitrogens with two attached hydrogens (primary N) is 1. The molecule has 0 fully saturated rings. The van der Waals surface area contributed by atoms with Gasteiger partial charge in [0.15, 0.2) is 25.0 Å². The molecule has 1 aliphatic heterocycles. The minimum atomic E-state index is -2.07. The van der Waals surface area contributed by atoms with Crippen molar-refractivity contribution in [2.75, 3.05) is 32.1 Å². The molecule has 0 aliphatic carbocycles. The van der Waals surface area contributed by atoms with Gasteiger partial charge in [-0.1, -0.05) is 25.0 Å². The zero-order valence-corrected chi connectivity index (χ0v) is 32.2. The number of benzene rings is 1. The van der Waals surface area contributed by atoms with E-state index in [9.17, 15) is 14.4 Å². The van der Waals surface area contributed by atoms with Crippen molar-refractivity contribution >= 4 is 42.7 Å². The molecule has 14 heteroatoms. The summed E-state index contributed by atoms with van der Waals surface area (Å²) in [7, 11) is -5.72. The molecule has 2 unspecified atom stereocenters. The van der Waals surface area contributed by atoms with E-state index in [0.717, 1.165) is 19.3 Å². The van der Waals surface area contributed by atoms with Gasteiger partial charge in [-0.15, -0.1) is 0 Å². The van der Waals surface area contributed by atoms with E-state index >= 15 is 0 Å². The summed E-state index contributed by atoms with van der Waals surface area (Å²) in [5, 5.41) is 0. The highest BCUT2D eigenvalue weighted by molar-refractivity contribution is 6.70. The lowest BCUT2D eigenvalue weighted by atomic mass is 10.1. The number of ether oxygens (including phenoxy) is 1. The Bertz CT molecular complexity index is 1360. The van der Waals surface area contributed by atoms with Crippen LogP contribution in [0.3, 0.4) is 0 Å². The van der Waals surface area contributed by atoms with E-state index in [1.165, 1.54) is 4.90 Å². The number of carbonyl (C=O) groups is 2. The third kappa shape index (κ3) is 11.6. The van der Waals surface area contributed by atoms with Gasteiger partial charge in [0.25, 0.3) is 17.4 Å². The van der Waals surface area contributed by atoms with Gasteiger partial charge in [-0.25, -0.2) is 0 Å². The van der Waals surface area contributed by atoms with E-state index in [-0.39, 0.29) is 17.8 Å². The number of anilines is 1. The van der Waals surface area contributed by atoms with Gasteiger partial charge >= 0.3 is 0 Å². The van der Waals surface area contributed by atoms with Gasteiger partial charge < -0.3 is 28.3 Å². The highest BCUT2D eigenvalue weighted by Crippen LogP contribution is 2.27. The molecule has 0 saturated heterocycles. The smallest absolute Gasteiger partial charge is 0.280 e. The number of carbonyl (C=O) groups excluding carboxylic acids is 2. The number of nitrogens with zero attached hydrogens (tertiary/aromatic N) is 3. The van der Waals surface area contributed by atoms with Gasteiger partial charge in [0.1, 0.15) is 6.10 Å². The lowest BCUT2D eigenvalue weighted by Crippen LogP contribution is -2.43. The van der Waals surface area contributed by atoms with Crippen molar-refractivity contribution in [1.29, 1.82) is 0 Å². The van der Waals surface area contributed by atoms with Crippen molar-refractivity contribution in [2.45, 2.75) is 103 Å². The molecule has 0 bridgehead atoms. The lowest BCUT2D eigenvalue weighted by Gasteiger charge is -2.34. The van der Waals surface area contributed by atoms with Crippen LogP contribution in [0.4, 0.5) is 5.95 Å². The number of aryl methyl sites for hydroxylation is 1. The van der Waals surface area contributed by atoms with Crippen LogP contribution in [-0.2, 0) is 24.6 Å². The Balaban J connectivity index is 1.70. The maximum Gasteiger partial charge on any atom is 0.280 e. The number of aromatic nitrogens is 2. The fraction of sp³-hybridized carbons (Fsp3) is 0.625. The van der Waals surface area contributed by atoms with Crippen LogP contribution in [0, 0.1) is 0 Å². The van der Waals surface area contributed by atoms with Crippen LogP contribution in [0.15, 0.2) is 35.3 Å². The average molecular weight is 691 g/mol. The van der Waals surface area contributed by atoms with E-state index < -0.39 is 42.7 Å². The Kier molecular flexibility index (Phi) is 13.3. The Morgan fingerprint density at radius 3 is 1.87 bits per heavy atom. The van der Waals surface area contributed by atoms with E-state index in [1.54, 1.807) is 35.0 Å². The number of hydrogen-bond donors (Lipinski definition) is 1. The first kappa shape index (κ1) is 38.0. The van der Waals surface area contributed by atoms with Crippen LogP contribution in [-0.4, -0.2) is 83.7 Å². The van der Waals surface area contributed by atoms with Gasteiger partial charge in [-0.2, -0.15) is 4.98 Å². The number of amides is 2. The first-order valence-electron chi connectivity index (χ1n) is 16.3. The molecule has 0 spiro atoms. The molecule has 256 valence electrons. The second kappa shape index (κ2) is 16.1. The molecule has 0 radical (unpaired) electrons. The van der Waals surface area contributed by atoms with Crippen molar-refractivity contribution in [3.05, 3.63) is 57.5 Å². The molecule has 2 N–H and O–H groups in total. The van der Waals surface area contributed by atoms with Crippen molar-refractivity contribution in [3.8, 4) is 0 Å². The van der Waals surface area contributed by atoms with E-state index in [2.05, 4.69) is 63.9 Å². The van der Waals surface area contributed by atoms with Gasteiger partial charge in [-0.05, 0) is 83.9 Å². The second-order valence-electron chi connectivity index (χ2n) is 14.7. The van der Waals surface area contributed by atoms with Crippen molar-refractivity contribution in [1.82, 2.24) is 14.5 Å². The Morgan fingerprint density at radius 1 is 0.761 bits per heavy atom. The summed E-state index contributed by atoms with van der Waals surface area (Å²) < 4.78 is 27.1. The molecule has 2 amide bonds. The zero-order chi connectivity index (χ0) is 34.3. The third-order valence-corrected chi connectivity index (χ3v) is 10.3. The molecule has 1 aliphatic rings. The predicted molar refractivity (Wildman–Crippen MR) is 189 cm³/mol. The lowest BCUT2D eigenvalue weighted by molar-refractivity contribution is -0.0569. The summed E-state index contributed by atoms with van der Waals surface area (Å²) in [5.74, 6) is -0.312. The molecular formula is C32H54N4O7Si3. The molecule has 2 aromatic rings. The number of fused-ring (bicyclic) bond motifs is 1. The first-order valence-corrected chi connectivity index (χ1v) is 26.5. The molecule has 1 aromatic carbocycles. The predicted octanol–water partition coefficient (Wildman–Crippen LogP) is 5.66. The number of unbranched alkanes of at least 4 members (excludes halogenated alkanes) is 3. The fourth-order valence-electron chi connectivity index (χ4n) is 5.13. The Hall–Kier alpha value is -2.47. The first-order chi connectivity index (χ1) is 21.4. The van der Waals surface area contributed by atoms with Crippen LogP contribution in [0.1, 0.15) is 58.1 Å². The molecule has 2 atom stereocenters.